The lowest BCUT2D eigenvalue weighted by Crippen LogP contribution is -2.39. The van der Waals surface area contributed by atoms with Crippen molar-refractivity contribution in [2.45, 2.75) is 26.2 Å². The molecule has 0 aliphatic rings. The van der Waals surface area contributed by atoms with Crippen LogP contribution in [0, 0.1) is 0 Å². The summed E-state index contributed by atoms with van der Waals surface area (Å²) in [6.45, 7) is 8.35. The zero-order chi connectivity index (χ0) is 16.5. The van der Waals surface area contributed by atoms with E-state index in [2.05, 4.69) is 41.0 Å². The third-order valence-corrected chi connectivity index (χ3v) is 3.58. The molecule has 7 heteroatoms. The number of nitrogens with zero attached hydrogens (tertiary/aromatic N) is 5. The van der Waals surface area contributed by atoms with Crippen molar-refractivity contribution in [1.82, 2.24) is 24.8 Å². The van der Waals surface area contributed by atoms with Crippen LogP contribution in [0.4, 0.5) is 0 Å². The SMILES string of the molecule is C=CCCCN(C)C(=NCCc1nnc2ccccn12)NCC.I. The summed E-state index contributed by atoms with van der Waals surface area (Å²) in [6, 6.07) is 5.91. The Morgan fingerprint density at radius 1 is 1.42 bits per heavy atom. The maximum atomic E-state index is 4.70. The molecule has 6 nitrogen and oxygen atoms in total. The van der Waals surface area contributed by atoms with E-state index in [9.17, 15) is 0 Å². The molecule has 0 spiro atoms. The standard InChI is InChI=1S/C17H26N6.HI/c1-4-6-8-13-22(3)17(18-5-2)19-12-11-16-21-20-15-10-7-9-14-23(15)16;/h4,7,9-10,14H,1,5-6,8,11-13H2,2-3H3,(H,18,19);1H. The minimum absolute atomic E-state index is 0. The number of rotatable bonds is 8. The molecule has 0 aromatic carbocycles. The van der Waals surface area contributed by atoms with Gasteiger partial charge in [-0.3, -0.25) is 9.39 Å². The van der Waals surface area contributed by atoms with Crippen LogP contribution < -0.4 is 5.32 Å². The first kappa shape index (κ1) is 20.4. The number of unbranched alkanes of at least 4 members (excludes halogenated alkanes) is 1. The van der Waals surface area contributed by atoms with Crippen molar-refractivity contribution in [3.8, 4) is 0 Å². The van der Waals surface area contributed by atoms with Gasteiger partial charge in [0.2, 0.25) is 0 Å². The molecule has 2 aromatic rings. The topological polar surface area (TPSA) is 57.8 Å². The number of aliphatic imine (C=N–C) groups is 1. The summed E-state index contributed by atoms with van der Waals surface area (Å²) in [7, 11) is 2.07. The van der Waals surface area contributed by atoms with Gasteiger partial charge in [-0.05, 0) is 31.9 Å². The van der Waals surface area contributed by atoms with Gasteiger partial charge in [0.25, 0.3) is 0 Å². The normalized spacial score (nSPS) is 11.2. The number of pyridine rings is 1. The lowest BCUT2D eigenvalue weighted by atomic mass is 10.3. The van der Waals surface area contributed by atoms with E-state index in [0.717, 1.165) is 49.8 Å². The van der Waals surface area contributed by atoms with Crippen LogP contribution in [0.15, 0.2) is 42.0 Å². The minimum Gasteiger partial charge on any atom is -0.357 e. The van der Waals surface area contributed by atoms with Gasteiger partial charge in [0.15, 0.2) is 11.6 Å². The fourth-order valence-electron chi connectivity index (χ4n) is 2.37. The molecule has 0 atom stereocenters. The van der Waals surface area contributed by atoms with Crippen LogP contribution in [0.2, 0.25) is 0 Å². The first-order valence-electron chi connectivity index (χ1n) is 8.15. The Labute approximate surface area is 161 Å². The van der Waals surface area contributed by atoms with Crippen LogP contribution in [0.5, 0.6) is 0 Å². The third-order valence-electron chi connectivity index (χ3n) is 3.58. The Kier molecular flexibility index (Phi) is 9.36. The molecule has 0 radical (unpaired) electrons. The summed E-state index contributed by atoms with van der Waals surface area (Å²) >= 11 is 0. The number of guanidine groups is 1. The van der Waals surface area contributed by atoms with E-state index in [1.165, 1.54) is 0 Å². The van der Waals surface area contributed by atoms with Crippen LogP contribution in [0.1, 0.15) is 25.6 Å². The number of allylic oxidation sites excluding steroid dienone is 1. The molecule has 0 saturated carbocycles. The summed E-state index contributed by atoms with van der Waals surface area (Å²) in [5, 5.41) is 11.7. The largest absolute Gasteiger partial charge is 0.357 e. The molecule has 0 amide bonds. The number of nitrogens with one attached hydrogen (secondary N) is 1. The van der Waals surface area contributed by atoms with E-state index in [0.29, 0.717) is 6.54 Å². The molecule has 0 aliphatic heterocycles. The molecule has 2 aromatic heterocycles. The Hall–Kier alpha value is -1.64. The van der Waals surface area contributed by atoms with Crippen molar-refractivity contribution in [1.29, 1.82) is 0 Å². The van der Waals surface area contributed by atoms with E-state index in [-0.39, 0.29) is 24.0 Å². The molecule has 2 heterocycles. The maximum Gasteiger partial charge on any atom is 0.193 e. The summed E-state index contributed by atoms with van der Waals surface area (Å²) in [5.41, 5.74) is 0.875. The van der Waals surface area contributed by atoms with Crippen molar-refractivity contribution < 1.29 is 0 Å². The first-order valence-corrected chi connectivity index (χ1v) is 8.15. The van der Waals surface area contributed by atoms with Gasteiger partial charge in [0.05, 0.1) is 0 Å². The molecule has 132 valence electrons. The summed E-state index contributed by atoms with van der Waals surface area (Å²) in [6.07, 6.45) is 6.81. The van der Waals surface area contributed by atoms with Crippen molar-refractivity contribution in [3.63, 3.8) is 0 Å². The van der Waals surface area contributed by atoms with Crippen LogP contribution in [0.25, 0.3) is 5.65 Å². The minimum atomic E-state index is 0. The predicted octanol–water partition coefficient (Wildman–Crippen LogP) is 2.75. The fourth-order valence-corrected chi connectivity index (χ4v) is 2.37. The molecule has 24 heavy (non-hydrogen) atoms. The fraction of sp³-hybridized carbons (Fsp3) is 0.471. The van der Waals surface area contributed by atoms with Crippen molar-refractivity contribution in [2.24, 2.45) is 4.99 Å². The molecule has 1 N–H and O–H groups in total. The quantitative estimate of drug-likeness (QED) is 0.225. The predicted molar refractivity (Wildman–Crippen MR) is 110 cm³/mol. The lowest BCUT2D eigenvalue weighted by molar-refractivity contribution is 0.470. The van der Waals surface area contributed by atoms with Gasteiger partial charge in [-0.1, -0.05) is 12.1 Å². The van der Waals surface area contributed by atoms with Gasteiger partial charge in [-0.25, -0.2) is 0 Å². The molecule has 0 bridgehead atoms. The molecule has 2 rings (SSSR count). The molecular formula is C17H27IN6. The molecule has 0 aliphatic carbocycles. The second-order valence-electron chi connectivity index (χ2n) is 5.38. The number of hydrogen-bond donors (Lipinski definition) is 1. The second kappa shape index (κ2) is 11.0. The summed E-state index contributed by atoms with van der Waals surface area (Å²) in [4.78, 5) is 6.86. The zero-order valence-electron chi connectivity index (χ0n) is 14.5. The average Bonchev–Trinajstić information content (AvgIpc) is 2.97. The highest BCUT2D eigenvalue weighted by atomic mass is 127. The number of aromatic nitrogens is 3. The maximum absolute atomic E-state index is 4.70. The number of halogens is 1. The second-order valence-corrected chi connectivity index (χ2v) is 5.38. The highest BCUT2D eigenvalue weighted by Gasteiger charge is 2.06. The Morgan fingerprint density at radius 2 is 2.25 bits per heavy atom. The van der Waals surface area contributed by atoms with Crippen LogP contribution in [0.3, 0.4) is 0 Å². The van der Waals surface area contributed by atoms with Gasteiger partial charge in [0, 0.05) is 39.3 Å². The number of fused-ring (bicyclic) bond motifs is 1. The summed E-state index contributed by atoms with van der Waals surface area (Å²) in [5.74, 6) is 1.87. The molecule has 0 saturated heterocycles. The zero-order valence-corrected chi connectivity index (χ0v) is 16.8. The summed E-state index contributed by atoms with van der Waals surface area (Å²) < 4.78 is 2.01. The van der Waals surface area contributed by atoms with E-state index in [1.54, 1.807) is 0 Å². The monoisotopic (exact) mass is 442 g/mol. The van der Waals surface area contributed by atoms with Crippen LogP contribution in [-0.4, -0.2) is 52.1 Å². The first-order chi connectivity index (χ1) is 11.3. The average molecular weight is 442 g/mol. The number of hydrogen-bond acceptors (Lipinski definition) is 3. The van der Waals surface area contributed by atoms with E-state index in [1.807, 2.05) is 34.9 Å². The van der Waals surface area contributed by atoms with Crippen LogP contribution in [-0.2, 0) is 6.42 Å². The third kappa shape index (κ3) is 5.77. The van der Waals surface area contributed by atoms with Crippen LogP contribution >= 0.6 is 24.0 Å². The molecular weight excluding hydrogens is 415 g/mol. The Balaban J connectivity index is 0.00000288. The van der Waals surface area contributed by atoms with Gasteiger partial charge in [-0.2, -0.15) is 0 Å². The van der Waals surface area contributed by atoms with Gasteiger partial charge in [0.1, 0.15) is 5.82 Å². The highest BCUT2D eigenvalue weighted by Crippen LogP contribution is 2.03. The van der Waals surface area contributed by atoms with Gasteiger partial charge < -0.3 is 10.2 Å². The Morgan fingerprint density at radius 3 is 3.00 bits per heavy atom. The van der Waals surface area contributed by atoms with Crippen molar-refractivity contribution >= 4 is 35.6 Å². The van der Waals surface area contributed by atoms with E-state index in [4.69, 9.17) is 4.99 Å². The highest BCUT2D eigenvalue weighted by molar-refractivity contribution is 14.0. The smallest absolute Gasteiger partial charge is 0.193 e. The Bertz CT molecular complexity index is 651. The van der Waals surface area contributed by atoms with E-state index >= 15 is 0 Å². The van der Waals surface area contributed by atoms with Crippen molar-refractivity contribution in [2.75, 3.05) is 26.7 Å². The van der Waals surface area contributed by atoms with Gasteiger partial charge in [-0.15, -0.1) is 40.8 Å². The van der Waals surface area contributed by atoms with E-state index < -0.39 is 0 Å². The van der Waals surface area contributed by atoms with Crippen molar-refractivity contribution in [3.05, 3.63) is 42.9 Å². The molecule has 0 fully saturated rings. The lowest BCUT2D eigenvalue weighted by Gasteiger charge is -2.21. The molecule has 0 unspecified atom stereocenters. The van der Waals surface area contributed by atoms with Gasteiger partial charge >= 0.3 is 0 Å².